The lowest BCUT2D eigenvalue weighted by molar-refractivity contribution is -0.147. The molecule has 0 spiro atoms. The highest BCUT2D eigenvalue weighted by Crippen LogP contribution is 2.13. The molecule has 0 fully saturated rings. The predicted molar refractivity (Wildman–Crippen MR) is 183 cm³/mol. The van der Waals surface area contributed by atoms with E-state index >= 15 is 0 Å². The Morgan fingerprint density at radius 1 is 0.727 bits per heavy atom. The summed E-state index contributed by atoms with van der Waals surface area (Å²) in [4.78, 5) is 124. The standard InChI is InChI=1S/C31H41N9O15/c1-55-31(54)18(4-2-3-11-34-26(48)15-5-7-16(8-6-15)39-40-33)36-28(50)20(13-24(44)45)38-29(51)21(14-25(46)47)37-27(49)19(12-23(42)43)35-17(30(52)53)9-10-22(32)41/h5-8,17-21,35H,2-4,9-14H2,1H3,(H2,32,41)(H,34,48)(H,36,50)(H,37,49)(H,38,51)(H,42,43)(H,44,45)(H,46,47)(H,52,53)/t17-,18-,19-,20-,21-/m0/s1. The van der Waals surface area contributed by atoms with Crippen molar-refractivity contribution in [1.29, 1.82) is 0 Å². The highest BCUT2D eigenvalue weighted by atomic mass is 16.5. The number of nitrogens with one attached hydrogen (secondary N) is 5. The Morgan fingerprint density at radius 2 is 1.22 bits per heavy atom. The number of hydrogen-bond donors (Lipinski definition) is 10. The van der Waals surface area contributed by atoms with Gasteiger partial charge in [-0.05, 0) is 43.3 Å². The van der Waals surface area contributed by atoms with Gasteiger partial charge in [-0.1, -0.05) is 17.2 Å². The Bertz CT molecular complexity index is 1650. The Hall–Kier alpha value is -6.81. The zero-order valence-corrected chi connectivity index (χ0v) is 29.3. The molecule has 1 aromatic rings. The highest BCUT2D eigenvalue weighted by Gasteiger charge is 2.35. The third-order valence-corrected chi connectivity index (χ3v) is 7.40. The van der Waals surface area contributed by atoms with Crippen molar-refractivity contribution in [3.05, 3.63) is 40.3 Å². The summed E-state index contributed by atoms with van der Waals surface area (Å²) in [6.07, 6.45) is -3.90. The van der Waals surface area contributed by atoms with Gasteiger partial charge in [-0.2, -0.15) is 0 Å². The maximum absolute atomic E-state index is 13.2. The first kappa shape index (κ1) is 46.2. The topological polar surface area (TPSA) is 396 Å². The van der Waals surface area contributed by atoms with Crippen molar-refractivity contribution in [2.24, 2.45) is 10.8 Å². The molecule has 0 aliphatic carbocycles. The molecule has 1 aromatic carbocycles. The Kier molecular flexibility index (Phi) is 19.9. The van der Waals surface area contributed by atoms with Crippen LogP contribution in [0.4, 0.5) is 5.69 Å². The Balaban J connectivity index is 3.05. The van der Waals surface area contributed by atoms with E-state index in [2.05, 4.69) is 26.0 Å². The van der Waals surface area contributed by atoms with E-state index in [1.165, 1.54) is 24.3 Å². The van der Waals surface area contributed by atoms with Gasteiger partial charge in [-0.25, -0.2) is 4.79 Å². The van der Waals surface area contributed by atoms with E-state index in [1.807, 2.05) is 10.6 Å². The van der Waals surface area contributed by atoms with E-state index in [4.69, 9.17) is 16.0 Å². The number of primary amides is 1. The zero-order chi connectivity index (χ0) is 41.7. The summed E-state index contributed by atoms with van der Waals surface area (Å²) in [5, 5.41) is 52.0. The number of rotatable bonds is 26. The number of azide groups is 1. The lowest BCUT2D eigenvalue weighted by Gasteiger charge is -2.26. The number of esters is 1. The van der Waals surface area contributed by atoms with Crippen molar-refractivity contribution >= 4 is 65.1 Å². The first-order valence-electron chi connectivity index (χ1n) is 16.2. The van der Waals surface area contributed by atoms with Crippen LogP contribution in [0.2, 0.25) is 0 Å². The van der Waals surface area contributed by atoms with Crippen LogP contribution in [0.25, 0.3) is 10.4 Å². The van der Waals surface area contributed by atoms with Crippen LogP contribution in [0.15, 0.2) is 29.4 Å². The number of carbonyl (C=O) groups excluding carboxylic acids is 6. The number of carboxylic acid groups (broad SMARTS) is 4. The van der Waals surface area contributed by atoms with E-state index in [9.17, 15) is 68.4 Å². The molecule has 0 bridgehead atoms. The third-order valence-electron chi connectivity index (χ3n) is 7.40. The SMILES string of the molecule is COC(=O)[C@H](CCCCNC(=O)c1ccc(N=[N+]=[N-])cc1)NC(=O)[C@H](CC(=O)O)NC(=O)[C@H](CC(=O)O)NC(=O)[C@H](CC(=O)O)N[C@@H](CCC(N)=O)C(=O)O. The number of amides is 5. The van der Waals surface area contributed by atoms with Crippen molar-refractivity contribution in [3.63, 3.8) is 0 Å². The molecule has 0 aromatic heterocycles. The molecule has 0 aliphatic heterocycles. The summed E-state index contributed by atoms with van der Waals surface area (Å²) in [5.41, 5.74) is 14.1. The van der Waals surface area contributed by atoms with E-state index < -0.39 is 122 Å². The van der Waals surface area contributed by atoms with Gasteiger partial charge in [-0.15, -0.1) is 0 Å². The number of benzene rings is 1. The maximum Gasteiger partial charge on any atom is 0.328 e. The van der Waals surface area contributed by atoms with E-state index in [0.29, 0.717) is 5.69 Å². The smallest absolute Gasteiger partial charge is 0.328 e. The van der Waals surface area contributed by atoms with Gasteiger partial charge in [0.15, 0.2) is 0 Å². The molecule has 0 saturated carbocycles. The third kappa shape index (κ3) is 18.0. The van der Waals surface area contributed by atoms with Crippen LogP contribution in [0.3, 0.4) is 0 Å². The van der Waals surface area contributed by atoms with E-state index in [-0.39, 0.29) is 31.4 Å². The molecule has 5 amide bonds. The number of hydrogen-bond acceptors (Lipinski definition) is 13. The van der Waals surface area contributed by atoms with Gasteiger partial charge in [0.1, 0.15) is 24.2 Å². The van der Waals surface area contributed by atoms with Crippen LogP contribution in [-0.2, 0) is 47.9 Å². The molecule has 24 heteroatoms. The quantitative estimate of drug-likeness (QED) is 0.0164. The predicted octanol–water partition coefficient (Wildman–Crippen LogP) is -1.74. The van der Waals surface area contributed by atoms with Crippen molar-refractivity contribution in [1.82, 2.24) is 26.6 Å². The summed E-state index contributed by atoms with van der Waals surface area (Å²) in [6, 6.07) is -3.26. The second-order valence-corrected chi connectivity index (χ2v) is 11.6. The van der Waals surface area contributed by atoms with Crippen LogP contribution in [0.1, 0.15) is 61.7 Å². The maximum atomic E-state index is 13.2. The minimum Gasteiger partial charge on any atom is -0.481 e. The Labute approximate surface area is 311 Å². The second kappa shape index (κ2) is 23.7. The Morgan fingerprint density at radius 3 is 1.67 bits per heavy atom. The number of carbonyl (C=O) groups is 10. The fourth-order valence-electron chi connectivity index (χ4n) is 4.69. The zero-order valence-electron chi connectivity index (χ0n) is 29.3. The first-order chi connectivity index (χ1) is 25.9. The van der Waals surface area contributed by atoms with Gasteiger partial charge >= 0.3 is 29.8 Å². The molecule has 1 rings (SSSR count). The molecule has 0 radical (unpaired) electrons. The van der Waals surface area contributed by atoms with Crippen LogP contribution in [0.5, 0.6) is 0 Å². The van der Waals surface area contributed by atoms with Crippen molar-refractivity contribution < 1.29 is 73.1 Å². The molecule has 11 N–H and O–H groups in total. The molecule has 0 aliphatic rings. The molecule has 0 heterocycles. The van der Waals surface area contributed by atoms with Crippen LogP contribution >= 0.6 is 0 Å². The minimum absolute atomic E-state index is 0.0880. The molecule has 24 nitrogen and oxygen atoms in total. The number of carboxylic acids is 4. The molecule has 0 saturated heterocycles. The molecule has 0 unspecified atom stereocenters. The molecular formula is C31H41N9O15. The highest BCUT2D eigenvalue weighted by molar-refractivity contribution is 5.97. The fraction of sp³-hybridized carbons (Fsp3) is 0.484. The van der Waals surface area contributed by atoms with Gasteiger partial charge in [0.2, 0.25) is 23.6 Å². The van der Waals surface area contributed by atoms with Crippen LogP contribution in [0, 0.1) is 0 Å². The van der Waals surface area contributed by atoms with E-state index in [0.717, 1.165) is 7.11 Å². The normalized spacial score (nSPS) is 13.2. The largest absolute Gasteiger partial charge is 0.481 e. The van der Waals surface area contributed by atoms with Gasteiger partial charge in [0.25, 0.3) is 5.91 Å². The molecule has 5 atom stereocenters. The average molecular weight is 780 g/mol. The van der Waals surface area contributed by atoms with Crippen LogP contribution < -0.4 is 32.3 Å². The van der Waals surface area contributed by atoms with Crippen molar-refractivity contribution in [2.75, 3.05) is 13.7 Å². The summed E-state index contributed by atoms with van der Waals surface area (Å²) in [7, 11) is 1.01. The first-order valence-corrected chi connectivity index (χ1v) is 16.2. The number of nitrogens with two attached hydrogens (primary N) is 1. The second-order valence-electron chi connectivity index (χ2n) is 11.6. The summed E-state index contributed by atoms with van der Waals surface area (Å²) in [6.45, 7) is 0.125. The van der Waals surface area contributed by atoms with Gasteiger partial charge in [-0.3, -0.25) is 48.5 Å². The summed E-state index contributed by atoms with van der Waals surface area (Å²) >= 11 is 0. The number of methoxy groups -OCH3 is 1. The lowest BCUT2D eigenvalue weighted by atomic mass is 10.1. The molecular weight excluding hydrogens is 738 g/mol. The minimum atomic E-state index is -2.07. The summed E-state index contributed by atoms with van der Waals surface area (Å²) < 4.78 is 4.70. The molecule has 55 heavy (non-hydrogen) atoms. The average Bonchev–Trinajstić information content (AvgIpc) is 3.10. The van der Waals surface area contributed by atoms with Gasteiger partial charge in [0.05, 0.1) is 32.4 Å². The lowest BCUT2D eigenvalue weighted by Crippen LogP contribution is -2.59. The van der Waals surface area contributed by atoms with E-state index in [1.54, 1.807) is 0 Å². The number of ether oxygens (including phenoxy) is 1. The fourth-order valence-corrected chi connectivity index (χ4v) is 4.69. The monoisotopic (exact) mass is 779 g/mol. The van der Waals surface area contributed by atoms with Gasteiger partial charge in [0, 0.05) is 29.1 Å². The van der Waals surface area contributed by atoms with Crippen molar-refractivity contribution in [3.8, 4) is 0 Å². The summed E-state index contributed by atoms with van der Waals surface area (Å²) in [5.74, 6) is -12.9. The van der Waals surface area contributed by atoms with Gasteiger partial charge < -0.3 is 52.2 Å². The number of aliphatic carboxylic acids is 4. The van der Waals surface area contributed by atoms with Crippen LogP contribution in [-0.4, -0.2) is 124 Å². The van der Waals surface area contributed by atoms with Crippen molar-refractivity contribution in [2.45, 2.75) is 81.6 Å². The number of nitrogens with zero attached hydrogens (tertiary/aromatic N) is 3. The number of unbranched alkanes of at least 4 members (excludes halogenated alkanes) is 1. The molecule has 300 valence electrons.